The zero-order valence-corrected chi connectivity index (χ0v) is 18.9. The van der Waals surface area contributed by atoms with E-state index in [1.165, 1.54) is 4.70 Å². The van der Waals surface area contributed by atoms with Crippen molar-refractivity contribution in [2.75, 3.05) is 18.4 Å². The van der Waals surface area contributed by atoms with Crippen LogP contribution in [0.3, 0.4) is 0 Å². The molecule has 5 rings (SSSR count). The molecule has 2 amide bonds. The molecule has 1 aliphatic carbocycles. The van der Waals surface area contributed by atoms with Crippen LogP contribution < -0.4 is 10.6 Å². The lowest BCUT2D eigenvalue weighted by atomic mass is 10.1. The molecule has 7 heteroatoms. The van der Waals surface area contributed by atoms with E-state index in [0.29, 0.717) is 17.8 Å². The van der Waals surface area contributed by atoms with Crippen molar-refractivity contribution in [2.24, 2.45) is 0 Å². The quantitative estimate of drug-likeness (QED) is 0.571. The lowest BCUT2D eigenvalue weighted by Gasteiger charge is -2.22. The zero-order valence-electron chi connectivity index (χ0n) is 18.0. The number of hydrogen-bond donors (Lipinski definition) is 2. The van der Waals surface area contributed by atoms with Crippen molar-refractivity contribution >= 4 is 39.1 Å². The normalized spacial score (nSPS) is 19.4. The van der Waals surface area contributed by atoms with Crippen LogP contribution in [-0.2, 0) is 4.79 Å². The molecule has 2 aliphatic rings. The van der Waals surface area contributed by atoms with Gasteiger partial charge in [0.25, 0.3) is 5.91 Å². The first-order valence-electron chi connectivity index (χ1n) is 11.5. The highest BCUT2D eigenvalue weighted by molar-refractivity contribution is 7.18. The molecule has 6 nitrogen and oxygen atoms in total. The molecule has 2 aromatic carbocycles. The van der Waals surface area contributed by atoms with Gasteiger partial charge in [-0.05, 0) is 56.5 Å². The van der Waals surface area contributed by atoms with E-state index in [9.17, 15) is 9.59 Å². The zero-order chi connectivity index (χ0) is 21.9. The van der Waals surface area contributed by atoms with Gasteiger partial charge in [-0.2, -0.15) is 0 Å². The number of para-hydroxylation sites is 2. The fourth-order valence-corrected chi connectivity index (χ4v) is 5.96. The molecular formula is C25H28N4O2S. The molecule has 2 heterocycles. The molecule has 32 heavy (non-hydrogen) atoms. The molecule has 0 spiro atoms. The van der Waals surface area contributed by atoms with Crippen molar-refractivity contribution in [1.82, 2.24) is 15.2 Å². The minimum absolute atomic E-state index is 0.0980. The van der Waals surface area contributed by atoms with Crippen LogP contribution in [0, 0.1) is 0 Å². The molecule has 0 unspecified atom stereocenters. The summed E-state index contributed by atoms with van der Waals surface area (Å²) in [5, 5.41) is 7.18. The highest BCUT2D eigenvalue weighted by Crippen LogP contribution is 2.36. The Morgan fingerprint density at radius 3 is 2.62 bits per heavy atom. The van der Waals surface area contributed by atoms with Crippen molar-refractivity contribution in [3.8, 4) is 0 Å². The maximum Gasteiger partial charge on any atom is 0.253 e. The fraction of sp³-hybridized carbons (Fsp3) is 0.400. The Hall–Kier alpha value is -2.77. The number of thiazole rings is 1. The smallest absolute Gasteiger partial charge is 0.253 e. The number of anilines is 1. The first kappa shape index (κ1) is 21.1. The summed E-state index contributed by atoms with van der Waals surface area (Å²) >= 11 is 1.71. The second-order valence-electron chi connectivity index (χ2n) is 8.70. The summed E-state index contributed by atoms with van der Waals surface area (Å²) in [4.78, 5) is 32.7. The summed E-state index contributed by atoms with van der Waals surface area (Å²) in [6, 6.07) is 15.8. The SMILES string of the molecule is O=C(CN1CCC[C@@H]1c1nc2ccccc2s1)Nc1ccccc1C(=O)NC1CCCC1. The van der Waals surface area contributed by atoms with E-state index in [0.717, 1.165) is 55.6 Å². The highest BCUT2D eigenvalue weighted by atomic mass is 32.1. The number of fused-ring (bicyclic) bond motifs is 1. The Morgan fingerprint density at radius 2 is 1.78 bits per heavy atom. The van der Waals surface area contributed by atoms with E-state index >= 15 is 0 Å². The third-order valence-corrected chi connectivity index (χ3v) is 7.58. The Balaban J connectivity index is 1.26. The van der Waals surface area contributed by atoms with Gasteiger partial charge in [0.1, 0.15) is 5.01 Å². The van der Waals surface area contributed by atoms with Crippen LogP contribution in [0.2, 0.25) is 0 Å². The second kappa shape index (κ2) is 9.38. The number of nitrogens with zero attached hydrogens (tertiary/aromatic N) is 2. The van der Waals surface area contributed by atoms with Gasteiger partial charge < -0.3 is 10.6 Å². The van der Waals surface area contributed by atoms with Crippen molar-refractivity contribution in [3.05, 3.63) is 59.1 Å². The Morgan fingerprint density at radius 1 is 1.00 bits per heavy atom. The lowest BCUT2D eigenvalue weighted by Crippen LogP contribution is -2.35. The van der Waals surface area contributed by atoms with Gasteiger partial charge in [0.05, 0.1) is 34.1 Å². The molecule has 166 valence electrons. The number of benzene rings is 2. The van der Waals surface area contributed by atoms with Crippen molar-refractivity contribution in [3.63, 3.8) is 0 Å². The maximum atomic E-state index is 12.9. The molecule has 0 bridgehead atoms. The summed E-state index contributed by atoms with van der Waals surface area (Å²) in [7, 11) is 0. The van der Waals surface area contributed by atoms with E-state index in [1.807, 2.05) is 30.3 Å². The topological polar surface area (TPSA) is 74.3 Å². The predicted octanol–water partition coefficient (Wildman–Crippen LogP) is 4.74. The number of carbonyl (C=O) groups is 2. The molecule has 1 aliphatic heterocycles. The third-order valence-electron chi connectivity index (χ3n) is 6.44. The minimum Gasteiger partial charge on any atom is -0.349 e. The fourth-order valence-electron chi connectivity index (χ4n) is 4.83. The molecule has 1 saturated heterocycles. The van der Waals surface area contributed by atoms with Crippen LogP contribution >= 0.6 is 11.3 Å². The van der Waals surface area contributed by atoms with E-state index < -0.39 is 0 Å². The van der Waals surface area contributed by atoms with Crippen LogP contribution in [0.1, 0.15) is 59.9 Å². The summed E-state index contributed by atoms with van der Waals surface area (Å²) in [6.45, 7) is 1.16. The van der Waals surface area contributed by atoms with Crippen LogP contribution in [0.15, 0.2) is 48.5 Å². The average molecular weight is 449 g/mol. The summed E-state index contributed by atoms with van der Waals surface area (Å²) < 4.78 is 1.18. The van der Waals surface area contributed by atoms with Gasteiger partial charge in [-0.25, -0.2) is 4.98 Å². The van der Waals surface area contributed by atoms with Gasteiger partial charge in [0, 0.05) is 6.04 Å². The van der Waals surface area contributed by atoms with Crippen LogP contribution in [0.4, 0.5) is 5.69 Å². The Labute approximate surface area is 192 Å². The third kappa shape index (κ3) is 4.54. The van der Waals surface area contributed by atoms with E-state index in [4.69, 9.17) is 4.98 Å². The van der Waals surface area contributed by atoms with Crippen molar-refractivity contribution in [2.45, 2.75) is 50.6 Å². The molecule has 1 atom stereocenters. The van der Waals surface area contributed by atoms with Gasteiger partial charge in [0.15, 0.2) is 0 Å². The first-order chi connectivity index (χ1) is 15.7. The van der Waals surface area contributed by atoms with Crippen LogP contribution in [-0.4, -0.2) is 40.8 Å². The maximum absolute atomic E-state index is 12.9. The molecule has 2 fully saturated rings. The molecule has 3 aromatic rings. The number of amides is 2. The van der Waals surface area contributed by atoms with Gasteiger partial charge >= 0.3 is 0 Å². The molecule has 2 N–H and O–H groups in total. The first-order valence-corrected chi connectivity index (χ1v) is 12.3. The summed E-state index contributed by atoms with van der Waals surface area (Å²) in [5.41, 5.74) is 2.12. The van der Waals surface area contributed by atoms with Gasteiger partial charge in [-0.1, -0.05) is 37.1 Å². The van der Waals surface area contributed by atoms with Crippen molar-refractivity contribution in [1.29, 1.82) is 0 Å². The molecule has 0 radical (unpaired) electrons. The second-order valence-corrected chi connectivity index (χ2v) is 9.76. The predicted molar refractivity (Wildman–Crippen MR) is 128 cm³/mol. The van der Waals surface area contributed by atoms with Gasteiger partial charge in [-0.3, -0.25) is 14.5 Å². The molecule has 1 aromatic heterocycles. The Bertz CT molecular complexity index is 1090. The van der Waals surface area contributed by atoms with Gasteiger partial charge in [0.2, 0.25) is 5.91 Å². The number of aromatic nitrogens is 1. The number of likely N-dealkylation sites (tertiary alicyclic amines) is 1. The minimum atomic E-state index is -0.110. The summed E-state index contributed by atoms with van der Waals surface area (Å²) in [5.74, 6) is -0.208. The lowest BCUT2D eigenvalue weighted by molar-refractivity contribution is -0.117. The van der Waals surface area contributed by atoms with E-state index in [1.54, 1.807) is 23.5 Å². The van der Waals surface area contributed by atoms with Crippen LogP contribution in [0.5, 0.6) is 0 Å². The number of hydrogen-bond acceptors (Lipinski definition) is 5. The molecular weight excluding hydrogens is 420 g/mol. The van der Waals surface area contributed by atoms with Crippen LogP contribution in [0.25, 0.3) is 10.2 Å². The number of nitrogens with one attached hydrogen (secondary N) is 2. The molecule has 1 saturated carbocycles. The van der Waals surface area contributed by atoms with E-state index in [2.05, 4.69) is 21.6 Å². The standard InChI is InChI=1S/C25H28N4O2S/c30-23(27-19-11-4-3-10-18(19)24(31)26-17-8-1-2-9-17)16-29-15-7-13-21(29)25-28-20-12-5-6-14-22(20)32-25/h3-6,10-12,14,17,21H,1-2,7-9,13,15-16H2,(H,26,31)(H,27,30)/t21-/m1/s1. The number of rotatable bonds is 6. The average Bonchev–Trinajstić information content (AvgIpc) is 3.54. The van der Waals surface area contributed by atoms with Gasteiger partial charge in [-0.15, -0.1) is 11.3 Å². The van der Waals surface area contributed by atoms with E-state index in [-0.39, 0.29) is 23.9 Å². The monoisotopic (exact) mass is 448 g/mol. The highest BCUT2D eigenvalue weighted by Gasteiger charge is 2.30. The largest absolute Gasteiger partial charge is 0.349 e. The number of carbonyl (C=O) groups excluding carboxylic acids is 2. The Kier molecular flexibility index (Phi) is 6.19. The summed E-state index contributed by atoms with van der Waals surface area (Å²) in [6.07, 6.45) is 6.44. The van der Waals surface area contributed by atoms with Crippen molar-refractivity contribution < 1.29 is 9.59 Å².